The van der Waals surface area contributed by atoms with Gasteiger partial charge in [-0.15, -0.1) is 0 Å². The summed E-state index contributed by atoms with van der Waals surface area (Å²) in [5, 5.41) is 12.7. The van der Waals surface area contributed by atoms with Crippen molar-refractivity contribution in [3.8, 4) is 11.5 Å². The zero-order valence-electron chi connectivity index (χ0n) is 10.5. The Labute approximate surface area is 129 Å². The van der Waals surface area contributed by atoms with E-state index in [9.17, 15) is 9.90 Å². The second-order valence-corrected chi connectivity index (χ2v) is 5.26. The number of carbonyl (C=O) groups is 1. The Morgan fingerprint density at radius 2 is 2.05 bits per heavy atom. The molecule has 0 spiro atoms. The summed E-state index contributed by atoms with van der Waals surface area (Å²) >= 11 is 9.05. The number of aromatic hydroxyl groups is 1. The Morgan fingerprint density at radius 1 is 1.30 bits per heavy atom. The van der Waals surface area contributed by atoms with Gasteiger partial charge in [0.05, 0.1) is 17.1 Å². The number of hydrogen-bond acceptors (Lipinski definition) is 3. The van der Waals surface area contributed by atoms with Gasteiger partial charge in [0.1, 0.15) is 11.5 Å². The Bertz CT molecular complexity index is 661. The first-order chi connectivity index (χ1) is 9.51. The van der Waals surface area contributed by atoms with Gasteiger partial charge in [0, 0.05) is 16.8 Å². The molecule has 0 heterocycles. The van der Waals surface area contributed by atoms with Crippen LogP contribution in [0.2, 0.25) is 5.02 Å². The van der Waals surface area contributed by atoms with Crippen molar-refractivity contribution in [2.45, 2.75) is 0 Å². The van der Waals surface area contributed by atoms with Crippen LogP contribution in [0.3, 0.4) is 0 Å². The molecule has 0 radical (unpaired) electrons. The first-order valence-electron chi connectivity index (χ1n) is 5.64. The van der Waals surface area contributed by atoms with Crippen LogP contribution in [0.4, 0.5) is 5.69 Å². The summed E-state index contributed by atoms with van der Waals surface area (Å²) in [4.78, 5) is 12.1. The number of anilines is 1. The van der Waals surface area contributed by atoms with Gasteiger partial charge in [0.15, 0.2) is 0 Å². The van der Waals surface area contributed by atoms with E-state index in [1.54, 1.807) is 24.3 Å². The van der Waals surface area contributed by atoms with E-state index in [4.69, 9.17) is 16.3 Å². The fourth-order valence-electron chi connectivity index (χ4n) is 1.63. The fraction of sp³-hybridized carbons (Fsp3) is 0.0714. The van der Waals surface area contributed by atoms with E-state index in [-0.39, 0.29) is 11.3 Å². The number of rotatable bonds is 3. The van der Waals surface area contributed by atoms with Crippen LogP contribution in [0.1, 0.15) is 10.4 Å². The van der Waals surface area contributed by atoms with Crippen molar-refractivity contribution in [3.63, 3.8) is 0 Å². The maximum atomic E-state index is 12.1. The number of carbonyl (C=O) groups excluding carboxylic acids is 1. The molecule has 0 saturated carbocycles. The smallest absolute Gasteiger partial charge is 0.259 e. The Hall–Kier alpha value is -1.72. The van der Waals surface area contributed by atoms with E-state index in [1.165, 1.54) is 19.2 Å². The van der Waals surface area contributed by atoms with E-state index < -0.39 is 5.91 Å². The predicted molar refractivity (Wildman–Crippen MR) is 81.8 cm³/mol. The molecule has 0 saturated heterocycles. The minimum Gasteiger partial charge on any atom is -0.507 e. The van der Waals surface area contributed by atoms with Gasteiger partial charge >= 0.3 is 0 Å². The topological polar surface area (TPSA) is 58.6 Å². The van der Waals surface area contributed by atoms with Crippen molar-refractivity contribution in [2.24, 2.45) is 0 Å². The third-order valence-corrected chi connectivity index (χ3v) is 3.50. The van der Waals surface area contributed by atoms with Gasteiger partial charge in [-0.25, -0.2) is 0 Å². The Kier molecular flexibility index (Phi) is 4.52. The van der Waals surface area contributed by atoms with E-state index in [0.717, 1.165) is 4.47 Å². The molecule has 0 atom stereocenters. The SMILES string of the molecule is COc1cc(NC(=O)c2ccc(Cl)cc2O)ccc1Br. The molecule has 2 aromatic carbocycles. The molecule has 0 aliphatic rings. The highest BCUT2D eigenvalue weighted by Crippen LogP contribution is 2.29. The van der Waals surface area contributed by atoms with Crippen LogP contribution in [0, 0.1) is 0 Å². The number of methoxy groups -OCH3 is 1. The number of nitrogens with one attached hydrogen (secondary N) is 1. The zero-order chi connectivity index (χ0) is 14.7. The zero-order valence-corrected chi connectivity index (χ0v) is 12.8. The molecule has 0 aliphatic carbocycles. The lowest BCUT2D eigenvalue weighted by molar-refractivity contribution is 0.102. The lowest BCUT2D eigenvalue weighted by Gasteiger charge is -2.09. The molecule has 2 aromatic rings. The summed E-state index contributed by atoms with van der Waals surface area (Å²) in [6.07, 6.45) is 0. The molecule has 0 aliphatic heterocycles. The highest BCUT2D eigenvalue weighted by atomic mass is 79.9. The predicted octanol–water partition coefficient (Wildman–Crippen LogP) is 4.07. The minimum absolute atomic E-state index is 0.149. The van der Waals surface area contributed by atoms with Crippen LogP contribution in [0.5, 0.6) is 11.5 Å². The highest BCUT2D eigenvalue weighted by Gasteiger charge is 2.12. The molecule has 6 heteroatoms. The largest absolute Gasteiger partial charge is 0.507 e. The average molecular weight is 357 g/mol. The molecular formula is C14H11BrClNO3. The fourth-order valence-corrected chi connectivity index (χ4v) is 2.21. The third kappa shape index (κ3) is 3.23. The summed E-state index contributed by atoms with van der Waals surface area (Å²) < 4.78 is 5.93. The van der Waals surface area contributed by atoms with Crippen LogP contribution >= 0.6 is 27.5 Å². The first-order valence-corrected chi connectivity index (χ1v) is 6.82. The Morgan fingerprint density at radius 3 is 2.70 bits per heavy atom. The van der Waals surface area contributed by atoms with E-state index in [1.807, 2.05) is 0 Å². The van der Waals surface area contributed by atoms with Crippen LogP contribution in [0.15, 0.2) is 40.9 Å². The number of benzene rings is 2. The maximum Gasteiger partial charge on any atom is 0.259 e. The van der Waals surface area contributed by atoms with E-state index >= 15 is 0 Å². The molecule has 104 valence electrons. The van der Waals surface area contributed by atoms with Gasteiger partial charge in [0.25, 0.3) is 5.91 Å². The standard InChI is InChI=1S/C14H11BrClNO3/c1-20-13-7-9(3-5-11(13)15)17-14(19)10-4-2-8(16)6-12(10)18/h2-7,18H,1H3,(H,17,19). The lowest BCUT2D eigenvalue weighted by Crippen LogP contribution is -2.12. The van der Waals surface area contributed by atoms with Crippen LogP contribution in [-0.4, -0.2) is 18.1 Å². The summed E-state index contributed by atoms with van der Waals surface area (Å²) in [5.74, 6) is 0.00532. The number of phenolic OH excluding ortho intramolecular Hbond substituents is 1. The summed E-state index contributed by atoms with van der Waals surface area (Å²) in [6, 6.07) is 9.47. The van der Waals surface area contributed by atoms with Crippen LogP contribution in [-0.2, 0) is 0 Å². The molecular weight excluding hydrogens is 346 g/mol. The number of hydrogen-bond donors (Lipinski definition) is 2. The van der Waals surface area contributed by atoms with Crippen molar-refractivity contribution >= 4 is 39.1 Å². The summed E-state index contributed by atoms with van der Waals surface area (Å²) in [6.45, 7) is 0. The van der Waals surface area contributed by atoms with Crippen molar-refractivity contribution < 1.29 is 14.6 Å². The Balaban J connectivity index is 2.23. The molecule has 2 rings (SSSR count). The monoisotopic (exact) mass is 355 g/mol. The molecule has 0 bridgehead atoms. The molecule has 0 unspecified atom stereocenters. The maximum absolute atomic E-state index is 12.1. The number of amides is 1. The van der Waals surface area contributed by atoms with Gasteiger partial charge < -0.3 is 15.2 Å². The molecule has 2 N–H and O–H groups in total. The molecule has 1 amide bonds. The van der Waals surface area contributed by atoms with Gasteiger partial charge in [-0.05, 0) is 46.3 Å². The summed E-state index contributed by atoms with van der Waals surface area (Å²) in [7, 11) is 1.54. The number of halogens is 2. The van der Waals surface area contributed by atoms with Gasteiger partial charge in [0.2, 0.25) is 0 Å². The van der Waals surface area contributed by atoms with Crippen LogP contribution < -0.4 is 10.1 Å². The van der Waals surface area contributed by atoms with Crippen molar-refractivity contribution in [2.75, 3.05) is 12.4 Å². The second-order valence-electron chi connectivity index (χ2n) is 3.96. The number of phenols is 1. The third-order valence-electron chi connectivity index (χ3n) is 2.61. The van der Waals surface area contributed by atoms with Gasteiger partial charge in [-0.1, -0.05) is 11.6 Å². The minimum atomic E-state index is -0.427. The summed E-state index contributed by atoms with van der Waals surface area (Å²) in [5.41, 5.74) is 0.709. The highest BCUT2D eigenvalue weighted by molar-refractivity contribution is 9.10. The normalized spacial score (nSPS) is 10.2. The van der Waals surface area contributed by atoms with E-state index in [0.29, 0.717) is 16.5 Å². The van der Waals surface area contributed by atoms with Gasteiger partial charge in [-0.2, -0.15) is 0 Å². The average Bonchev–Trinajstić information content (AvgIpc) is 2.40. The van der Waals surface area contributed by atoms with Crippen molar-refractivity contribution in [3.05, 3.63) is 51.5 Å². The lowest BCUT2D eigenvalue weighted by atomic mass is 10.2. The molecule has 4 nitrogen and oxygen atoms in total. The van der Waals surface area contributed by atoms with Crippen LogP contribution in [0.25, 0.3) is 0 Å². The number of ether oxygens (including phenoxy) is 1. The van der Waals surface area contributed by atoms with Crippen molar-refractivity contribution in [1.82, 2.24) is 0 Å². The quantitative estimate of drug-likeness (QED) is 0.871. The molecule has 0 fully saturated rings. The molecule has 0 aromatic heterocycles. The second kappa shape index (κ2) is 6.15. The van der Waals surface area contributed by atoms with Gasteiger partial charge in [-0.3, -0.25) is 4.79 Å². The van der Waals surface area contributed by atoms with Crippen molar-refractivity contribution in [1.29, 1.82) is 0 Å². The molecule has 20 heavy (non-hydrogen) atoms. The van der Waals surface area contributed by atoms with E-state index in [2.05, 4.69) is 21.2 Å². The first kappa shape index (κ1) is 14.7.